The number of aromatic nitrogens is 1. The fourth-order valence-corrected chi connectivity index (χ4v) is 2.03. The second-order valence-corrected chi connectivity index (χ2v) is 5.07. The van der Waals surface area contributed by atoms with E-state index in [-0.39, 0.29) is 0 Å². The van der Waals surface area contributed by atoms with E-state index in [4.69, 9.17) is 0 Å². The van der Waals surface area contributed by atoms with Gasteiger partial charge < -0.3 is 5.32 Å². The Balaban J connectivity index is 2.58. The number of unbranched alkanes of at least 4 members (excludes halogenated alkanes) is 2. The van der Waals surface area contributed by atoms with Crippen LogP contribution in [0.3, 0.4) is 0 Å². The van der Waals surface area contributed by atoms with Crippen molar-refractivity contribution in [2.75, 3.05) is 18.9 Å². The van der Waals surface area contributed by atoms with Crippen molar-refractivity contribution in [3.8, 4) is 0 Å². The van der Waals surface area contributed by atoms with Gasteiger partial charge >= 0.3 is 0 Å². The third-order valence-electron chi connectivity index (χ3n) is 3.25. The minimum Gasteiger partial charge on any atom is -0.373 e. The van der Waals surface area contributed by atoms with Gasteiger partial charge in [-0.05, 0) is 44.5 Å². The Morgan fingerprint density at radius 2 is 2.11 bits per heavy atom. The first-order chi connectivity index (χ1) is 8.67. The molecule has 0 radical (unpaired) electrons. The highest BCUT2D eigenvalue weighted by Gasteiger charge is 2.10. The molecule has 18 heavy (non-hydrogen) atoms. The maximum Gasteiger partial charge on any atom is 0.125 e. The van der Waals surface area contributed by atoms with Gasteiger partial charge in [0.1, 0.15) is 5.82 Å². The first kappa shape index (κ1) is 15.0. The number of nitrogens with zero attached hydrogens (tertiary/aromatic N) is 2. The van der Waals surface area contributed by atoms with Gasteiger partial charge in [0.15, 0.2) is 0 Å². The topological polar surface area (TPSA) is 28.2 Å². The van der Waals surface area contributed by atoms with E-state index < -0.39 is 0 Å². The van der Waals surface area contributed by atoms with Gasteiger partial charge in [-0.25, -0.2) is 4.98 Å². The van der Waals surface area contributed by atoms with Crippen LogP contribution < -0.4 is 5.32 Å². The van der Waals surface area contributed by atoms with Crippen molar-refractivity contribution >= 4 is 5.82 Å². The molecule has 0 saturated heterocycles. The molecule has 0 aliphatic heterocycles. The standard InChI is InChI=1S/C15H27N3/c1-5-6-7-10-18(13(2)3)12-14-8-9-17-15(11-14)16-4/h8-9,11,13H,5-7,10,12H2,1-4H3,(H,16,17). The number of pyridine rings is 1. The summed E-state index contributed by atoms with van der Waals surface area (Å²) in [5.41, 5.74) is 1.33. The molecule has 1 aromatic heterocycles. The van der Waals surface area contributed by atoms with Crippen LogP contribution in [-0.2, 0) is 6.54 Å². The molecule has 1 rings (SSSR count). The highest BCUT2D eigenvalue weighted by Crippen LogP contribution is 2.12. The summed E-state index contributed by atoms with van der Waals surface area (Å²) in [5.74, 6) is 0.949. The summed E-state index contributed by atoms with van der Waals surface area (Å²) in [6, 6.07) is 4.83. The molecule has 102 valence electrons. The summed E-state index contributed by atoms with van der Waals surface area (Å²) in [5, 5.41) is 3.09. The second kappa shape index (κ2) is 8.09. The average molecular weight is 249 g/mol. The highest BCUT2D eigenvalue weighted by molar-refractivity contribution is 5.36. The van der Waals surface area contributed by atoms with E-state index in [1.807, 2.05) is 13.2 Å². The van der Waals surface area contributed by atoms with Crippen LogP contribution in [0.4, 0.5) is 5.82 Å². The lowest BCUT2D eigenvalue weighted by Gasteiger charge is -2.26. The second-order valence-electron chi connectivity index (χ2n) is 5.07. The van der Waals surface area contributed by atoms with Crippen molar-refractivity contribution in [1.29, 1.82) is 0 Å². The molecule has 0 bridgehead atoms. The van der Waals surface area contributed by atoms with Crippen molar-refractivity contribution in [1.82, 2.24) is 9.88 Å². The molecule has 0 atom stereocenters. The van der Waals surface area contributed by atoms with Crippen LogP contribution in [0.5, 0.6) is 0 Å². The summed E-state index contributed by atoms with van der Waals surface area (Å²) in [7, 11) is 1.91. The maximum atomic E-state index is 4.26. The van der Waals surface area contributed by atoms with E-state index in [2.05, 4.69) is 48.1 Å². The predicted molar refractivity (Wildman–Crippen MR) is 78.9 cm³/mol. The van der Waals surface area contributed by atoms with E-state index >= 15 is 0 Å². The summed E-state index contributed by atoms with van der Waals surface area (Å²) in [6.07, 6.45) is 5.77. The largest absolute Gasteiger partial charge is 0.373 e. The van der Waals surface area contributed by atoms with Gasteiger partial charge in [0.05, 0.1) is 0 Å². The zero-order chi connectivity index (χ0) is 13.4. The lowest BCUT2D eigenvalue weighted by Crippen LogP contribution is -2.31. The maximum absolute atomic E-state index is 4.26. The zero-order valence-corrected chi connectivity index (χ0v) is 12.2. The third-order valence-corrected chi connectivity index (χ3v) is 3.25. The number of hydrogen-bond acceptors (Lipinski definition) is 3. The molecule has 3 nitrogen and oxygen atoms in total. The van der Waals surface area contributed by atoms with Crippen molar-refractivity contribution in [2.24, 2.45) is 0 Å². The molecule has 0 spiro atoms. The highest BCUT2D eigenvalue weighted by atomic mass is 15.1. The van der Waals surface area contributed by atoms with Crippen molar-refractivity contribution in [2.45, 2.75) is 52.6 Å². The molecular formula is C15H27N3. The van der Waals surface area contributed by atoms with Gasteiger partial charge in [0.25, 0.3) is 0 Å². The molecule has 1 heterocycles. The van der Waals surface area contributed by atoms with Crippen LogP contribution in [-0.4, -0.2) is 29.5 Å². The predicted octanol–water partition coefficient (Wildman–Crippen LogP) is 3.52. The SMILES string of the molecule is CCCCCN(Cc1ccnc(NC)c1)C(C)C. The summed E-state index contributed by atoms with van der Waals surface area (Å²) >= 11 is 0. The summed E-state index contributed by atoms with van der Waals surface area (Å²) in [6.45, 7) is 8.99. The smallest absolute Gasteiger partial charge is 0.125 e. The Hall–Kier alpha value is -1.09. The van der Waals surface area contributed by atoms with Crippen LogP contribution >= 0.6 is 0 Å². The van der Waals surface area contributed by atoms with Crippen molar-refractivity contribution in [3.63, 3.8) is 0 Å². The van der Waals surface area contributed by atoms with Gasteiger partial charge in [-0.15, -0.1) is 0 Å². The van der Waals surface area contributed by atoms with Crippen LogP contribution in [0, 0.1) is 0 Å². The lowest BCUT2D eigenvalue weighted by molar-refractivity contribution is 0.208. The first-order valence-corrected chi connectivity index (χ1v) is 7.04. The Bertz CT molecular complexity index is 336. The number of nitrogens with one attached hydrogen (secondary N) is 1. The lowest BCUT2D eigenvalue weighted by atomic mass is 10.2. The number of anilines is 1. The molecule has 1 aromatic rings. The summed E-state index contributed by atoms with van der Waals surface area (Å²) in [4.78, 5) is 6.79. The minimum atomic E-state index is 0.591. The van der Waals surface area contributed by atoms with E-state index in [9.17, 15) is 0 Å². The van der Waals surface area contributed by atoms with Gasteiger partial charge in [0, 0.05) is 25.8 Å². The molecule has 0 aromatic carbocycles. The molecule has 3 heteroatoms. The molecule has 0 saturated carbocycles. The monoisotopic (exact) mass is 249 g/mol. The Kier molecular flexibility index (Phi) is 6.73. The van der Waals surface area contributed by atoms with Crippen LogP contribution in [0.25, 0.3) is 0 Å². The molecule has 0 amide bonds. The Morgan fingerprint density at radius 3 is 2.72 bits per heavy atom. The van der Waals surface area contributed by atoms with E-state index in [1.165, 1.54) is 31.4 Å². The molecule has 0 aliphatic rings. The van der Waals surface area contributed by atoms with Gasteiger partial charge in [-0.3, -0.25) is 4.90 Å². The first-order valence-electron chi connectivity index (χ1n) is 7.04. The van der Waals surface area contributed by atoms with Crippen LogP contribution in [0.15, 0.2) is 18.3 Å². The van der Waals surface area contributed by atoms with Crippen molar-refractivity contribution in [3.05, 3.63) is 23.9 Å². The Morgan fingerprint density at radius 1 is 1.33 bits per heavy atom. The average Bonchev–Trinajstić information content (AvgIpc) is 2.38. The number of rotatable bonds is 8. The molecule has 0 fully saturated rings. The molecule has 0 aliphatic carbocycles. The van der Waals surface area contributed by atoms with Crippen LogP contribution in [0.1, 0.15) is 45.6 Å². The third kappa shape index (κ3) is 5.05. The minimum absolute atomic E-state index is 0.591. The normalized spacial score (nSPS) is 11.2. The Labute approximate surface area is 112 Å². The fraction of sp³-hybridized carbons (Fsp3) is 0.667. The summed E-state index contributed by atoms with van der Waals surface area (Å²) < 4.78 is 0. The van der Waals surface area contributed by atoms with Gasteiger partial charge in [-0.2, -0.15) is 0 Å². The molecule has 0 unspecified atom stereocenters. The number of hydrogen-bond donors (Lipinski definition) is 1. The van der Waals surface area contributed by atoms with Crippen LogP contribution in [0.2, 0.25) is 0 Å². The van der Waals surface area contributed by atoms with E-state index in [0.29, 0.717) is 6.04 Å². The van der Waals surface area contributed by atoms with Gasteiger partial charge in [-0.1, -0.05) is 19.8 Å². The van der Waals surface area contributed by atoms with Gasteiger partial charge in [0.2, 0.25) is 0 Å². The molecular weight excluding hydrogens is 222 g/mol. The van der Waals surface area contributed by atoms with Crippen molar-refractivity contribution < 1.29 is 0 Å². The quantitative estimate of drug-likeness (QED) is 0.714. The zero-order valence-electron chi connectivity index (χ0n) is 12.2. The van der Waals surface area contributed by atoms with E-state index in [1.54, 1.807) is 0 Å². The fourth-order valence-electron chi connectivity index (χ4n) is 2.03. The van der Waals surface area contributed by atoms with E-state index in [0.717, 1.165) is 12.4 Å². The molecule has 1 N–H and O–H groups in total.